The normalized spacial score (nSPS) is 16.9. The number of methoxy groups -OCH3 is 1. The third kappa shape index (κ3) is 6.20. The van der Waals surface area contributed by atoms with Gasteiger partial charge in [-0.05, 0) is 25.1 Å². The van der Waals surface area contributed by atoms with Gasteiger partial charge in [0.05, 0.1) is 18.3 Å². The van der Waals surface area contributed by atoms with Crippen LogP contribution in [0.2, 0.25) is 0 Å². The van der Waals surface area contributed by atoms with Crippen LogP contribution in [0.5, 0.6) is 0 Å². The topological polar surface area (TPSA) is 123 Å². The lowest BCUT2D eigenvalue weighted by molar-refractivity contribution is -0.154. The molecule has 0 unspecified atom stereocenters. The highest BCUT2D eigenvalue weighted by Gasteiger charge is 2.37. The van der Waals surface area contributed by atoms with Crippen LogP contribution in [0, 0.1) is 18.7 Å². The second-order valence-electron chi connectivity index (χ2n) is 9.89. The third-order valence-corrected chi connectivity index (χ3v) is 6.70. The molecule has 0 bridgehead atoms. The molecule has 1 aromatic carbocycles. The molecular weight excluding hydrogens is 548 g/mol. The zero-order chi connectivity index (χ0) is 29.8. The summed E-state index contributed by atoms with van der Waals surface area (Å²) in [7, 11) is 5.26. The second kappa shape index (κ2) is 12.5. The molecule has 1 saturated heterocycles. The first-order valence-corrected chi connectivity index (χ1v) is 13.2. The predicted molar refractivity (Wildman–Crippen MR) is 151 cm³/mol. The summed E-state index contributed by atoms with van der Waals surface area (Å²) in [5, 5.41) is 12.2. The van der Waals surface area contributed by atoms with Crippen molar-refractivity contribution >= 4 is 17.8 Å². The average Bonchev–Trinajstić information content (AvgIpc) is 3.54. The minimum atomic E-state index is -1.21. The molecule has 0 spiro atoms. The molecular formula is C28H31F2N9O3. The molecule has 14 heteroatoms. The number of carbonyl (C=O) groups excluding carboxylic acids is 1. The van der Waals surface area contributed by atoms with E-state index in [4.69, 9.17) is 14.7 Å². The van der Waals surface area contributed by atoms with Gasteiger partial charge in [-0.3, -0.25) is 10.2 Å². The van der Waals surface area contributed by atoms with Crippen LogP contribution in [-0.4, -0.2) is 82.8 Å². The van der Waals surface area contributed by atoms with Crippen LogP contribution in [0.15, 0.2) is 55.0 Å². The standard InChI is InChI=1S/C28H31F2N9O3/c1-17-23(19-14-32-27(33-15-19)37(2)3)36-39(20-8-6-5-7-9-20)26(17)35-28(40)34-22-16-38(10-11-41-4)42-24(22)18-12-21(29)25(30)31-13-18/h5-9,12-15,22,24H,10-11,16H2,1-4H3,(H2,34,35,40)/t22-,24+/m1/s1. The fraction of sp³-hybridized carbons (Fsp3) is 0.321. The molecule has 2 atom stereocenters. The number of hydrogen-bond donors (Lipinski definition) is 2. The molecule has 220 valence electrons. The number of para-hydroxylation sites is 1. The van der Waals surface area contributed by atoms with Crippen LogP contribution < -0.4 is 15.5 Å². The van der Waals surface area contributed by atoms with E-state index in [1.165, 1.54) is 6.20 Å². The molecule has 2 amide bonds. The van der Waals surface area contributed by atoms with E-state index < -0.39 is 29.9 Å². The van der Waals surface area contributed by atoms with E-state index in [2.05, 4.69) is 25.6 Å². The van der Waals surface area contributed by atoms with E-state index in [9.17, 15) is 13.6 Å². The lowest BCUT2D eigenvalue weighted by Crippen LogP contribution is -2.42. The van der Waals surface area contributed by atoms with Gasteiger partial charge in [-0.15, -0.1) is 0 Å². The van der Waals surface area contributed by atoms with Gasteiger partial charge in [0.25, 0.3) is 0 Å². The van der Waals surface area contributed by atoms with E-state index in [1.807, 2.05) is 51.4 Å². The number of benzene rings is 1. The summed E-state index contributed by atoms with van der Waals surface area (Å²) in [4.78, 5) is 33.5. The number of nitrogens with zero attached hydrogens (tertiary/aromatic N) is 7. The summed E-state index contributed by atoms with van der Waals surface area (Å²) in [5.74, 6) is -1.32. The molecule has 5 rings (SSSR count). The van der Waals surface area contributed by atoms with Crippen molar-refractivity contribution in [1.82, 2.24) is 35.1 Å². The van der Waals surface area contributed by atoms with Gasteiger partial charge in [-0.1, -0.05) is 18.2 Å². The maximum absolute atomic E-state index is 14.0. The quantitative estimate of drug-likeness (QED) is 0.287. The van der Waals surface area contributed by atoms with Crippen molar-refractivity contribution in [1.29, 1.82) is 0 Å². The van der Waals surface area contributed by atoms with Gasteiger partial charge in [0, 0.05) is 69.6 Å². The van der Waals surface area contributed by atoms with E-state index in [0.29, 0.717) is 41.7 Å². The number of ether oxygens (including phenoxy) is 1. The Morgan fingerprint density at radius 2 is 1.88 bits per heavy atom. The average molecular weight is 580 g/mol. The van der Waals surface area contributed by atoms with E-state index in [0.717, 1.165) is 11.8 Å². The van der Waals surface area contributed by atoms with E-state index >= 15 is 0 Å². The number of amides is 2. The number of pyridine rings is 1. The Labute approximate surface area is 241 Å². The summed E-state index contributed by atoms with van der Waals surface area (Å²) in [6, 6.07) is 9.23. The number of carbonyl (C=O) groups is 1. The van der Waals surface area contributed by atoms with E-state index in [1.54, 1.807) is 34.1 Å². The Balaban J connectivity index is 1.43. The van der Waals surface area contributed by atoms with Crippen LogP contribution in [0.4, 0.5) is 25.3 Å². The van der Waals surface area contributed by atoms with Gasteiger partial charge < -0.3 is 15.0 Å². The Hall–Kier alpha value is -4.53. The highest BCUT2D eigenvalue weighted by atomic mass is 19.2. The highest BCUT2D eigenvalue weighted by Crippen LogP contribution is 2.32. The van der Waals surface area contributed by atoms with Gasteiger partial charge >= 0.3 is 6.03 Å². The molecule has 2 N–H and O–H groups in total. The number of hydroxylamine groups is 2. The molecule has 1 aliphatic rings. The first-order valence-electron chi connectivity index (χ1n) is 13.2. The maximum atomic E-state index is 14.0. The van der Waals surface area contributed by atoms with Crippen molar-refractivity contribution in [3.63, 3.8) is 0 Å². The van der Waals surface area contributed by atoms with Crippen LogP contribution in [-0.2, 0) is 9.57 Å². The molecule has 0 radical (unpaired) electrons. The van der Waals surface area contributed by atoms with Crippen molar-refractivity contribution in [2.24, 2.45) is 0 Å². The molecule has 1 aliphatic heterocycles. The lowest BCUT2D eigenvalue weighted by atomic mass is 10.0. The molecule has 1 fully saturated rings. The fourth-order valence-electron chi connectivity index (χ4n) is 4.59. The monoisotopic (exact) mass is 579 g/mol. The highest BCUT2D eigenvalue weighted by molar-refractivity contribution is 5.91. The van der Waals surface area contributed by atoms with Gasteiger partial charge in [0.15, 0.2) is 5.82 Å². The maximum Gasteiger partial charge on any atom is 0.320 e. The number of hydrogen-bond acceptors (Lipinski definition) is 9. The lowest BCUT2D eigenvalue weighted by Gasteiger charge is -2.19. The Kier molecular flexibility index (Phi) is 8.66. The van der Waals surface area contributed by atoms with Gasteiger partial charge in [0.2, 0.25) is 11.9 Å². The summed E-state index contributed by atoms with van der Waals surface area (Å²) < 4.78 is 34.3. The molecule has 0 aliphatic carbocycles. The minimum absolute atomic E-state index is 0.276. The number of halogens is 2. The van der Waals surface area contributed by atoms with Crippen molar-refractivity contribution in [2.75, 3.05) is 51.1 Å². The van der Waals surface area contributed by atoms with Crippen LogP contribution in [0.1, 0.15) is 17.2 Å². The smallest absolute Gasteiger partial charge is 0.320 e. The molecule has 4 heterocycles. The predicted octanol–water partition coefficient (Wildman–Crippen LogP) is 3.50. The molecule has 12 nitrogen and oxygen atoms in total. The zero-order valence-electron chi connectivity index (χ0n) is 23.6. The number of rotatable bonds is 9. The first kappa shape index (κ1) is 29.0. The molecule has 3 aromatic heterocycles. The zero-order valence-corrected chi connectivity index (χ0v) is 23.6. The summed E-state index contributed by atoms with van der Waals surface area (Å²) in [5.41, 5.74) is 2.99. The Morgan fingerprint density at radius 1 is 1.14 bits per heavy atom. The van der Waals surface area contributed by atoms with Crippen molar-refractivity contribution in [3.05, 3.63) is 77.9 Å². The number of aromatic nitrogens is 5. The summed E-state index contributed by atoms with van der Waals surface area (Å²) in [6.07, 6.45) is 3.75. The largest absolute Gasteiger partial charge is 0.383 e. The van der Waals surface area contributed by atoms with Crippen LogP contribution in [0.3, 0.4) is 0 Å². The number of anilines is 2. The van der Waals surface area contributed by atoms with Crippen molar-refractivity contribution in [2.45, 2.75) is 19.1 Å². The Bertz CT molecular complexity index is 1530. The van der Waals surface area contributed by atoms with Gasteiger partial charge in [-0.25, -0.2) is 28.8 Å². The van der Waals surface area contributed by atoms with Gasteiger partial charge in [0.1, 0.15) is 17.6 Å². The summed E-state index contributed by atoms with van der Waals surface area (Å²) in [6.45, 7) is 2.90. The van der Waals surface area contributed by atoms with Crippen molar-refractivity contribution in [3.8, 4) is 16.9 Å². The van der Waals surface area contributed by atoms with E-state index in [-0.39, 0.29) is 12.1 Å². The number of urea groups is 1. The minimum Gasteiger partial charge on any atom is -0.383 e. The Morgan fingerprint density at radius 3 is 2.55 bits per heavy atom. The van der Waals surface area contributed by atoms with Crippen LogP contribution in [0.25, 0.3) is 16.9 Å². The second-order valence-corrected chi connectivity index (χ2v) is 9.89. The first-order chi connectivity index (χ1) is 20.2. The number of nitrogens with one attached hydrogen (secondary N) is 2. The third-order valence-electron chi connectivity index (χ3n) is 6.70. The summed E-state index contributed by atoms with van der Waals surface area (Å²) >= 11 is 0. The van der Waals surface area contributed by atoms with Crippen LogP contribution >= 0.6 is 0 Å². The molecule has 0 saturated carbocycles. The molecule has 4 aromatic rings. The van der Waals surface area contributed by atoms with Gasteiger partial charge in [-0.2, -0.15) is 14.6 Å². The molecule has 42 heavy (non-hydrogen) atoms. The SMILES string of the molecule is COCCN1C[C@@H](NC(=O)Nc2c(C)c(-c3cnc(N(C)C)nc3)nn2-c2ccccc2)[C@H](c2cnc(F)c(F)c2)O1. The van der Waals surface area contributed by atoms with Crippen molar-refractivity contribution < 1.29 is 23.1 Å². The fourth-order valence-corrected chi connectivity index (χ4v) is 4.59.